The summed E-state index contributed by atoms with van der Waals surface area (Å²) in [5.74, 6) is -1.06. The third-order valence-electron chi connectivity index (χ3n) is 5.38. The molecule has 0 spiro atoms. The SMILES string of the molecule is CCCC1=C(C(=O)OCC)C(c2ccc(C)cc2)CC(=O)N1Cc1ccc(F)cc1. The van der Waals surface area contributed by atoms with E-state index in [0.29, 0.717) is 24.2 Å². The second-order valence-electron chi connectivity index (χ2n) is 7.60. The lowest BCUT2D eigenvalue weighted by molar-refractivity contribution is -0.140. The number of carbonyl (C=O) groups excluding carboxylic acids is 2. The Labute approximate surface area is 177 Å². The molecule has 2 aromatic rings. The minimum absolute atomic E-state index is 0.0404. The number of hydrogen-bond acceptors (Lipinski definition) is 3. The number of allylic oxidation sites excluding steroid dienone is 1. The number of esters is 1. The first-order chi connectivity index (χ1) is 14.4. The molecule has 2 aromatic carbocycles. The Morgan fingerprint density at radius 2 is 1.77 bits per heavy atom. The topological polar surface area (TPSA) is 46.6 Å². The monoisotopic (exact) mass is 409 g/mol. The van der Waals surface area contributed by atoms with Crippen LogP contribution in [0.25, 0.3) is 0 Å². The van der Waals surface area contributed by atoms with Crippen molar-refractivity contribution in [3.8, 4) is 0 Å². The molecule has 0 N–H and O–H groups in total. The number of aryl methyl sites for hydroxylation is 1. The van der Waals surface area contributed by atoms with Crippen molar-refractivity contribution in [3.05, 3.63) is 82.3 Å². The van der Waals surface area contributed by atoms with Crippen molar-refractivity contribution in [3.63, 3.8) is 0 Å². The van der Waals surface area contributed by atoms with Gasteiger partial charge in [0.2, 0.25) is 5.91 Å². The van der Waals surface area contributed by atoms with Gasteiger partial charge in [0.1, 0.15) is 5.82 Å². The van der Waals surface area contributed by atoms with Crippen LogP contribution >= 0.6 is 0 Å². The summed E-state index contributed by atoms with van der Waals surface area (Å²) in [6.45, 7) is 6.38. The molecule has 30 heavy (non-hydrogen) atoms. The van der Waals surface area contributed by atoms with E-state index in [9.17, 15) is 14.0 Å². The number of benzene rings is 2. The molecule has 4 nitrogen and oxygen atoms in total. The number of halogens is 1. The van der Waals surface area contributed by atoms with Crippen molar-refractivity contribution in [2.45, 2.75) is 52.5 Å². The quantitative estimate of drug-likeness (QED) is 0.586. The van der Waals surface area contributed by atoms with Gasteiger partial charge in [-0.25, -0.2) is 9.18 Å². The zero-order valence-corrected chi connectivity index (χ0v) is 17.8. The van der Waals surface area contributed by atoms with E-state index in [0.717, 1.165) is 23.1 Å². The number of nitrogens with zero attached hydrogens (tertiary/aromatic N) is 1. The van der Waals surface area contributed by atoms with E-state index in [1.165, 1.54) is 12.1 Å². The van der Waals surface area contributed by atoms with Crippen molar-refractivity contribution in [1.29, 1.82) is 0 Å². The summed E-state index contributed by atoms with van der Waals surface area (Å²) in [6.07, 6.45) is 1.57. The van der Waals surface area contributed by atoms with Gasteiger partial charge >= 0.3 is 5.97 Å². The highest BCUT2D eigenvalue weighted by Gasteiger charge is 2.38. The van der Waals surface area contributed by atoms with Crippen LogP contribution in [0.15, 0.2) is 59.8 Å². The van der Waals surface area contributed by atoms with Crippen LogP contribution in [-0.2, 0) is 20.9 Å². The number of ether oxygens (including phenoxy) is 1. The van der Waals surface area contributed by atoms with E-state index < -0.39 is 0 Å². The van der Waals surface area contributed by atoms with Crippen LogP contribution in [0.4, 0.5) is 4.39 Å². The summed E-state index contributed by atoms with van der Waals surface area (Å²) < 4.78 is 18.7. The van der Waals surface area contributed by atoms with E-state index >= 15 is 0 Å². The van der Waals surface area contributed by atoms with Crippen LogP contribution in [0, 0.1) is 12.7 Å². The standard InChI is InChI=1S/C25H28FNO3/c1-4-6-22-24(25(29)30-5-2)21(19-11-7-17(3)8-12-19)15-23(28)27(22)16-18-9-13-20(26)14-10-18/h7-14,21H,4-6,15-16H2,1-3H3. The van der Waals surface area contributed by atoms with Crippen molar-refractivity contribution >= 4 is 11.9 Å². The van der Waals surface area contributed by atoms with Gasteiger partial charge in [-0.1, -0.05) is 55.3 Å². The molecule has 0 bridgehead atoms. The van der Waals surface area contributed by atoms with E-state index in [4.69, 9.17) is 4.74 Å². The molecule has 158 valence electrons. The van der Waals surface area contributed by atoms with Crippen LogP contribution in [0.3, 0.4) is 0 Å². The Morgan fingerprint density at radius 1 is 1.10 bits per heavy atom. The highest BCUT2D eigenvalue weighted by molar-refractivity contribution is 5.96. The highest BCUT2D eigenvalue weighted by Crippen LogP contribution is 2.39. The van der Waals surface area contributed by atoms with Crippen molar-refractivity contribution in [1.82, 2.24) is 4.90 Å². The maximum absolute atomic E-state index is 13.3. The molecule has 1 heterocycles. The average molecular weight is 410 g/mol. The van der Waals surface area contributed by atoms with E-state index in [2.05, 4.69) is 0 Å². The molecule has 1 aliphatic heterocycles. The summed E-state index contributed by atoms with van der Waals surface area (Å²) in [6, 6.07) is 14.0. The fraction of sp³-hybridized carbons (Fsp3) is 0.360. The predicted molar refractivity (Wildman–Crippen MR) is 114 cm³/mol. The Kier molecular flexibility index (Phi) is 7.03. The number of rotatable bonds is 7. The van der Waals surface area contributed by atoms with E-state index in [-0.39, 0.29) is 36.6 Å². The second-order valence-corrected chi connectivity index (χ2v) is 7.60. The fourth-order valence-electron chi connectivity index (χ4n) is 3.90. The molecule has 1 atom stereocenters. The van der Waals surface area contributed by atoms with Gasteiger partial charge in [0.05, 0.1) is 18.7 Å². The van der Waals surface area contributed by atoms with Gasteiger partial charge in [0.15, 0.2) is 0 Å². The molecular formula is C25H28FNO3. The van der Waals surface area contributed by atoms with Gasteiger partial charge in [0, 0.05) is 18.0 Å². The molecule has 0 fully saturated rings. The van der Waals surface area contributed by atoms with Crippen molar-refractivity contribution in [2.75, 3.05) is 6.61 Å². The first-order valence-corrected chi connectivity index (χ1v) is 10.5. The first kappa shape index (κ1) is 21.8. The molecule has 3 rings (SSSR count). The minimum atomic E-state index is -0.372. The summed E-state index contributed by atoms with van der Waals surface area (Å²) in [4.78, 5) is 27.9. The summed E-state index contributed by atoms with van der Waals surface area (Å²) in [5.41, 5.74) is 4.14. The van der Waals surface area contributed by atoms with Crippen LogP contribution in [-0.4, -0.2) is 23.4 Å². The van der Waals surface area contributed by atoms with Crippen LogP contribution in [0.5, 0.6) is 0 Å². The fourth-order valence-corrected chi connectivity index (χ4v) is 3.90. The summed E-state index contributed by atoms with van der Waals surface area (Å²) >= 11 is 0. The molecule has 0 aromatic heterocycles. The molecule has 0 saturated carbocycles. The lowest BCUT2D eigenvalue weighted by atomic mass is 9.82. The number of hydrogen-bond donors (Lipinski definition) is 0. The Morgan fingerprint density at radius 3 is 2.37 bits per heavy atom. The molecular weight excluding hydrogens is 381 g/mol. The predicted octanol–water partition coefficient (Wildman–Crippen LogP) is 5.27. The lowest BCUT2D eigenvalue weighted by Crippen LogP contribution is -2.39. The summed E-state index contributed by atoms with van der Waals surface area (Å²) in [5, 5.41) is 0. The largest absolute Gasteiger partial charge is 0.463 e. The molecule has 1 amide bonds. The lowest BCUT2D eigenvalue weighted by Gasteiger charge is -2.36. The van der Waals surface area contributed by atoms with Gasteiger partial charge < -0.3 is 9.64 Å². The van der Waals surface area contributed by atoms with Gasteiger partial charge in [-0.15, -0.1) is 0 Å². The molecule has 5 heteroatoms. The molecule has 1 aliphatic rings. The van der Waals surface area contributed by atoms with E-state index in [1.54, 1.807) is 24.0 Å². The van der Waals surface area contributed by atoms with Gasteiger partial charge in [-0.05, 0) is 43.5 Å². The number of amides is 1. The van der Waals surface area contributed by atoms with Crippen LogP contribution < -0.4 is 0 Å². The van der Waals surface area contributed by atoms with Crippen LogP contribution in [0.2, 0.25) is 0 Å². The minimum Gasteiger partial charge on any atom is -0.463 e. The average Bonchev–Trinajstić information content (AvgIpc) is 2.72. The Hall–Kier alpha value is -2.95. The molecule has 0 aliphatic carbocycles. The van der Waals surface area contributed by atoms with Crippen molar-refractivity contribution in [2.24, 2.45) is 0 Å². The normalized spacial score (nSPS) is 16.7. The zero-order chi connectivity index (χ0) is 21.7. The third kappa shape index (κ3) is 4.78. The van der Waals surface area contributed by atoms with Gasteiger partial charge in [-0.3, -0.25) is 4.79 Å². The molecule has 1 unspecified atom stereocenters. The zero-order valence-electron chi connectivity index (χ0n) is 17.8. The second kappa shape index (κ2) is 9.70. The third-order valence-corrected chi connectivity index (χ3v) is 5.38. The molecule has 0 saturated heterocycles. The number of carbonyl (C=O) groups is 2. The summed E-state index contributed by atoms with van der Waals surface area (Å²) in [7, 11) is 0. The maximum Gasteiger partial charge on any atom is 0.336 e. The van der Waals surface area contributed by atoms with Crippen LogP contribution in [0.1, 0.15) is 55.7 Å². The maximum atomic E-state index is 13.3. The van der Waals surface area contributed by atoms with Crippen molar-refractivity contribution < 1.29 is 18.7 Å². The molecule has 0 radical (unpaired) electrons. The first-order valence-electron chi connectivity index (χ1n) is 10.5. The van der Waals surface area contributed by atoms with Gasteiger partial charge in [0.25, 0.3) is 0 Å². The highest BCUT2D eigenvalue weighted by atomic mass is 19.1. The Bertz CT molecular complexity index is 932. The Balaban J connectivity index is 2.08. The van der Waals surface area contributed by atoms with E-state index in [1.807, 2.05) is 38.1 Å². The smallest absolute Gasteiger partial charge is 0.336 e. The van der Waals surface area contributed by atoms with Gasteiger partial charge in [-0.2, -0.15) is 0 Å².